The summed E-state index contributed by atoms with van der Waals surface area (Å²) in [6.07, 6.45) is 1.83. The third kappa shape index (κ3) is 3.49. The number of carboxylic acid groups (broad SMARTS) is 1. The average molecular weight is 361 g/mol. The van der Waals surface area contributed by atoms with Gasteiger partial charge in [0.1, 0.15) is 11.2 Å². The number of piperidine rings is 1. The van der Waals surface area contributed by atoms with Crippen molar-refractivity contribution in [3.8, 4) is 0 Å². The van der Waals surface area contributed by atoms with Crippen molar-refractivity contribution in [3.05, 3.63) is 33.9 Å². The maximum atomic E-state index is 12.4. The molecule has 0 radical (unpaired) electrons. The minimum atomic E-state index is -1.22. The molecule has 2 aliphatic rings. The Labute approximate surface area is 151 Å². The van der Waals surface area contributed by atoms with Crippen LogP contribution >= 0.6 is 0 Å². The summed E-state index contributed by atoms with van der Waals surface area (Å²) in [6.45, 7) is 5.71. The molecule has 2 N–H and O–H groups in total. The highest BCUT2D eigenvalue weighted by molar-refractivity contribution is 6.00. The van der Waals surface area contributed by atoms with Gasteiger partial charge >= 0.3 is 5.97 Å². The van der Waals surface area contributed by atoms with E-state index in [4.69, 9.17) is 0 Å². The Kier molecular flexibility index (Phi) is 4.60. The van der Waals surface area contributed by atoms with Gasteiger partial charge in [0.15, 0.2) is 0 Å². The van der Waals surface area contributed by atoms with Crippen molar-refractivity contribution in [2.75, 3.05) is 18.0 Å². The topological polar surface area (TPSA) is 113 Å². The standard InChI is InChI=1S/C18H23N3O5/c1-11-7-12(2)10-20(9-11)14-4-3-13(8-15(14)21(25)26)16(22)19-18(5-6-18)17(23)24/h3-4,8,11-12H,5-7,9-10H2,1-2H3,(H,19,22)(H,23,24). The van der Waals surface area contributed by atoms with Crippen molar-refractivity contribution in [1.82, 2.24) is 5.32 Å². The van der Waals surface area contributed by atoms with Crippen molar-refractivity contribution in [2.45, 2.75) is 38.6 Å². The summed E-state index contributed by atoms with van der Waals surface area (Å²) in [4.78, 5) is 36.7. The third-order valence-corrected chi connectivity index (χ3v) is 5.16. The Morgan fingerprint density at radius 3 is 2.38 bits per heavy atom. The van der Waals surface area contributed by atoms with Crippen LogP contribution in [0.1, 0.15) is 43.5 Å². The molecule has 1 aromatic carbocycles. The number of nitro benzene ring substituents is 1. The SMILES string of the molecule is CC1CC(C)CN(c2ccc(C(=O)NC3(C(=O)O)CC3)cc2[N+](=O)[O-])C1. The lowest BCUT2D eigenvalue weighted by Gasteiger charge is -2.36. The lowest BCUT2D eigenvalue weighted by molar-refractivity contribution is -0.384. The van der Waals surface area contributed by atoms with Gasteiger partial charge in [-0.3, -0.25) is 14.9 Å². The zero-order chi connectivity index (χ0) is 19.1. The lowest BCUT2D eigenvalue weighted by atomic mass is 9.91. The van der Waals surface area contributed by atoms with Crippen molar-refractivity contribution < 1.29 is 19.6 Å². The maximum Gasteiger partial charge on any atom is 0.329 e. The van der Waals surface area contributed by atoms with Crippen LogP contribution in [-0.4, -0.2) is 40.5 Å². The molecule has 3 rings (SSSR count). The molecule has 0 bridgehead atoms. The second-order valence-electron chi connectivity index (χ2n) is 7.65. The number of nitrogens with zero attached hydrogens (tertiary/aromatic N) is 2. The molecule has 8 nitrogen and oxygen atoms in total. The Bertz CT molecular complexity index is 749. The van der Waals surface area contributed by atoms with E-state index in [1.54, 1.807) is 6.07 Å². The Hall–Kier alpha value is -2.64. The monoisotopic (exact) mass is 361 g/mol. The summed E-state index contributed by atoms with van der Waals surface area (Å²) in [7, 11) is 0. The lowest BCUT2D eigenvalue weighted by Crippen LogP contribution is -2.43. The molecular weight excluding hydrogens is 338 g/mol. The van der Waals surface area contributed by atoms with Crippen LogP contribution in [0.3, 0.4) is 0 Å². The van der Waals surface area contributed by atoms with Crippen molar-refractivity contribution in [3.63, 3.8) is 0 Å². The smallest absolute Gasteiger partial charge is 0.329 e. The highest BCUT2D eigenvalue weighted by atomic mass is 16.6. The molecule has 1 saturated heterocycles. The van der Waals surface area contributed by atoms with E-state index < -0.39 is 22.3 Å². The molecule has 1 saturated carbocycles. The minimum Gasteiger partial charge on any atom is -0.480 e. The van der Waals surface area contributed by atoms with E-state index in [1.807, 2.05) is 4.90 Å². The van der Waals surface area contributed by atoms with Gasteiger partial charge in [-0.15, -0.1) is 0 Å². The first-order valence-corrected chi connectivity index (χ1v) is 8.81. The van der Waals surface area contributed by atoms with Gasteiger partial charge in [-0.25, -0.2) is 4.79 Å². The molecule has 2 unspecified atom stereocenters. The average Bonchev–Trinajstić information content (AvgIpc) is 3.34. The summed E-state index contributed by atoms with van der Waals surface area (Å²) in [6, 6.07) is 4.37. The number of carboxylic acids is 1. The normalized spacial score (nSPS) is 24.0. The number of carbonyl (C=O) groups excluding carboxylic acids is 1. The van der Waals surface area contributed by atoms with Gasteiger partial charge in [0.25, 0.3) is 11.6 Å². The number of benzene rings is 1. The van der Waals surface area contributed by atoms with Crippen LogP contribution in [0.25, 0.3) is 0 Å². The zero-order valence-electron chi connectivity index (χ0n) is 14.9. The van der Waals surface area contributed by atoms with Gasteiger partial charge in [0, 0.05) is 24.7 Å². The quantitative estimate of drug-likeness (QED) is 0.615. The second kappa shape index (κ2) is 6.59. The molecule has 1 aromatic rings. The van der Waals surface area contributed by atoms with Crippen LogP contribution < -0.4 is 10.2 Å². The van der Waals surface area contributed by atoms with Crippen LogP contribution in [0.2, 0.25) is 0 Å². The first-order chi connectivity index (χ1) is 12.2. The molecule has 2 fully saturated rings. The number of carbonyl (C=O) groups is 2. The van der Waals surface area contributed by atoms with Crippen LogP contribution in [0, 0.1) is 22.0 Å². The number of hydrogen-bond donors (Lipinski definition) is 2. The number of nitrogens with one attached hydrogen (secondary N) is 1. The van der Waals surface area contributed by atoms with Crippen LogP contribution in [0.4, 0.5) is 11.4 Å². The summed E-state index contributed by atoms with van der Waals surface area (Å²) in [5.41, 5.74) is -0.739. The van der Waals surface area contributed by atoms with Gasteiger partial charge in [-0.1, -0.05) is 13.8 Å². The number of rotatable bonds is 5. The van der Waals surface area contributed by atoms with Crippen LogP contribution in [0.5, 0.6) is 0 Å². The van der Waals surface area contributed by atoms with E-state index in [1.165, 1.54) is 12.1 Å². The first-order valence-electron chi connectivity index (χ1n) is 8.81. The minimum absolute atomic E-state index is 0.103. The van der Waals surface area contributed by atoms with Gasteiger partial charge < -0.3 is 15.3 Å². The third-order valence-electron chi connectivity index (χ3n) is 5.16. The molecule has 1 amide bonds. The van der Waals surface area contributed by atoms with E-state index >= 15 is 0 Å². The van der Waals surface area contributed by atoms with E-state index in [0.29, 0.717) is 30.4 Å². The molecule has 0 spiro atoms. The fourth-order valence-electron chi connectivity index (χ4n) is 3.74. The molecule has 2 atom stereocenters. The van der Waals surface area contributed by atoms with E-state index in [2.05, 4.69) is 19.2 Å². The number of amides is 1. The van der Waals surface area contributed by atoms with Gasteiger partial charge in [0.05, 0.1) is 4.92 Å². The molecule has 26 heavy (non-hydrogen) atoms. The fraction of sp³-hybridized carbons (Fsp3) is 0.556. The van der Waals surface area contributed by atoms with Crippen molar-refractivity contribution in [2.24, 2.45) is 11.8 Å². The number of nitro groups is 1. The summed E-state index contributed by atoms with van der Waals surface area (Å²) < 4.78 is 0. The van der Waals surface area contributed by atoms with Gasteiger partial charge in [-0.2, -0.15) is 0 Å². The molecule has 140 valence electrons. The molecule has 1 heterocycles. The number of hydrogen-bond acceptors (Lipinski definition) is 5. The largest absolute Gasteiger partial charge is 0.480 e. The van der Waals surface area contributed by atoms with Gasteiger partial charge in [0.2, 0.25) is 0 Å². The zero-order valence-corrected chi connectivity index (χ0v) is 14.9. The highest BCUT2D eigenvalue weighted by Crippen LogP contribution is 2.37. The Balaban J connectivity index is 1.86. The summed E-state index contributed by atoms with van der Waals surface area (Å²) in [5.74, 6) is -0.800. The van der Waals surface area contributed by atoms with Crippen LogP contribution in [-0.2, 0) is 4.79 Å². The fourth-order valence-corrected chi connectivity index (χ4v) is 3.74. The number of aliphatic carboxylic acids is 1. The van der Waals surface area contributed by atoms with Crippen LogP contribution in [0.15, 0.2) is 18.2 Å². The van der Waals surface area contributed by atoms with E-state index in [-0.39, 0.29) is 11.3 Å². The van der Waals surface area contributed by atoms with E-state index in [0.717, 1.165) is 19.5 Å². The first kappa shape index (κ1) is 18.2. The molecule has 8 heteroatoms. The summed E-state index contributed by atoms with van der Waals surface area (Å²) >= 11 is 0. The predicted octanol–water partition coefficient (Wildman–Crippen LogP) is 2.42. The number of anilines is 1. The maximum absolute atomic E-state index is 12.4. The van der Waals surface area contributed by atoms with E-state index in [9.17, 15) is 24.8 Å². The van der Waals surface area contributed by atoms with Gasteiger partial charge in [-0.05, 0) is 43.2 Å². The predicted molar refractivity (Wildman–Crippen MR) is 95.3 cm³/mol. The highest BCUT2D eigenvalue weighted by Gasteiger charge is 2.51. The Morgan fingerprint density at radius 1 is 1.27 bits per heavy atom. The summed E-state index contributed by atoms with van der Waals surface area (Å²) in [5, 5.41) is 23.2. The Morgan fingerprint density at radius 2 is 1.88 bits per heavy atom. The molecule has 1 aliphatic carbocycles. The molecule has 0 aromatic heterocycles. The molecule has 1 aliphatic heterocycles. The van der Waals surface area contributed by atoms with Crippen molar-refractivity contribution in [1.29, 1.82) is 0 Å². The van der Waals surface area contributed by atoms with Crippen molar-refractivity contribution >= 4 is 23.3 Å². The second-order valence-corrected chi connectivity index (χ2v) is 7.65. The molecular formula is C18H23N3O5.